The van der Waals surface area contributed by atoms with Crippen molar-refractivity contribution in [3.8, 4) is 11.4 Å². The molecule has 2 aromatic heterocycles. The largest absolute Gasteiger partial charge is 0.447 e. The maximum Gasteiger partial charge on any atom is 0.407 e. The minimum absolute atomic E-state index is 0.00860. The highest BCUT2D eigenvalue weighted by molar-refractivity contribution is 6.33. The number of amides is 2. The maximum atomic E-state index is 15.1. The van der Waals surface area contributed by atoms with Gasteiger partial charge in [0.15, 0.2) is 17.3 Å². The number of allylic oxidation sites excluding steroid dienone is 3. The van der Waals surface area contributed by atoms with Crippen LogP contribution in [0.4, 0.5) is 22.4 Å². The number of ether oxygens (including phenoxy) is 1. The molecule has 0 bridgehead atoms. The average molecular weight is 732 g/mol. The zero-order valence-electron chi connectivity index (χ0n) is 28.4. The molecule has 3 atom stereocenters. The van der Waals surface area contributed by atoms with Gasteiger partial charge in [-0.25, -0.2) is 19.5 Å². The number of halogens is 5. The molecule has 2 aliphatic carbocycles. The molecule has 6 rings (SSSR count). The zero-order chi connectivity index (χ0) is 36.9. The molecular weight excluding hydrogens is 694 g/mol. The molecule has 1 fully saturated rings. The third-order valence-electron chi connectivity index (χ3n) is 9.28. The second-order valence-corrected chi connectivity index (χ2v) is 14.8. The number of rotatable bonds is 11. The SMILES string of the molecule is CC(C)(C)C[C@]1(C2(C)C=CC(c3cnn(C(F)F)c3)=CC2)N=C(N)N([C@H](COC(=O)NC2CC2)c2ccc(Cl)c(-c3ncn(C(F)F)n3)c2)C1=O. The van der Waals surface area contributed by atoms with Crippen LogP contribution in [0.1, 0.15) is 83.6 Å². The molecule has 3 aliphatic rings. The van der Waals surface area contributed by atoms with Gasteiger partial charge in [0.05, 0.1) is 17.3 Å². The first-order valence-corrected chi connectivity index (χ1v) is 16.7. The Morgan fingerprint density at radius 2 is 1.90 bits per heavy atom. The molecule has 1 aliphatic heterocycles. The summed E-state index contributed by atoms with van der Waals surface area (Å²) in [5, 5.41) is 10.5. The number of alkyl carbamates (subject to hydrolysis) is 1. The molecule has 0 radical (unpaired) electrons. The number of hydrogen-bond donors (Lipinski definition) is 2. The summed E-state index contributed by atoms with van der Waals surface area (Å²) < 4.78 is 59.7. The van der Waals surface area contributed by atoms with Crippen LogP contribution in [0.15, 0.2) is 60.1 Å². The van der Waals surface area contributed by atoms with Crippen LogP contribution in [0.2, 0.25) is 5.02 Å². The summed E-state index contributed by atoms with van der Waals surface area (Å²) in [6, 6.07) is 3.65. The standard InChI is InChI=1S/C34H38ClF4N9O3/c1-32(2,3)17-34(33(4)11-9-19(10-12-33)21-14-42-46(15-21)28(36)37)27(49)48(30(40)44-34)25(16-51-31(50)43-22-6-7-22)20-5-8-24(35)23(13-20)26-41-18-47(45-26)29(38)39/h5,8-11,13-15,18,22,25,28-29H,6-7,12,16-17H2,1-4H3,(H2,40,44)(H,43,50)/t25-,33?,34+/m1/s1. The van der Waals surface area contributed by atoms with Gasteiger partial charge in [-0.3, -0.25) is 9.69 Å². The van der Waals surface area contributed by atoms with Crippen molar-refractivity contribution >= 4 is 35.1 Å². The zero-order valence-corrected chi connectivity index (χ0v) is 29.1. The number of nitrogens with two attached hydrogens (primary N) is 1. The monoisotopic (exact) mass is 731 g/mol. The van der Waals surface area contributed by atoms with E-state index in [9.17, 15) is 22.4 Å². The summed E-state index contributed by atoms with van der Waals surface area (Å²) in [7, 11) is 0. The van der Waals surface area contributed by atoms with E-state index in [0.717, 1.165) is 19.2 Å². The van der Waals surface area contributed by atoms with Gasteiger partial charge in [0.25, 0.3) is 5.91 Å². The summed E-state index contributed by atoms with van der Waals surface area (Å²) in [5.41, 5.74) is 5.62. The molecule has 272 valence electrons. The number of carbonyl (C=O) groups excluding carboxylic acids is 2. The highest BCUT2D eigenvalue weighted by atomic mass is 35.5. The van der Waals surface area contributed by atoms with Gasteiger partial charge < -0.3 is 15.8 Å². The summed E-state index contributed by atoms with van der Waals surface area (Å²) in [6.07, 6.45) is 10.5. The molecule has 12 nitrogen and oxygen atoms in total. The number of benzene rings is 1. The molecule has 3 aromatic rings. The fourth-order valence-electron chi connectivity index (χ4n) is 6.53. The number of alkyl halides is 4. The van der Waals surface area contributed by atoms with Crippen LogP contribution < -0.4 is 11.1 Å². The topological polar surface area (TPSA) is 146 Å². The molecule has 1 unspecified atom stereocenters. The van der Waals surface area contributed by atoms with Crippen LogP contribution >= 0.6 is 11.6 Å². The Bertz CT molecular complexity index is 1920. The first kappa shape index (κ1) is 36.1. The molecule has 3 N–H and O–H groups in total. The molecule has 3 heterocycles. The number of aliphatic imine (C=N–C) groups is 1. The Kier molecular flexibility index (Phi) is 9.50. The second-order valence-electron chi connectivity index (χ2n) is 14.4. The third-order valence-corrected chi connectivity index (χ3v) is 9.60. The highest BCUT2D eigenvalue weighted by Crippen LogP contribution is 2.52. The van der Waals surface area contributed by atoms with Crippen molar-refractivity contribution < 1.29 is 31.9 Å². The van der Waals surface area contributed by atoms with Gasteiger partial charge in [-0.15, -0.1) is 5.10 Å². The number of nitrogens with one attached hydrogen (secondary N) is 1. The number of aromatic nitrogens is 5. The fraction of sp³-hybridized carbons (Fsp3) is 0.471. The van der Waals surface area contributed by atoms with E-state index in [2.05, 4.69) is 20.5 Å². The lowest BCUT2D eigenvalue weighted by molar-refractivity contribution is -0.138. The minimum atomic E-state index is -2.93. The number of hydrogen-bond acceptors (Lipinski definition) is 8. The van der Waals surface area contributed by atoms with Crippen molar-refractivity contribution in [2.45, 2.75) is 84.1 Å². The van der Waals surface area contributed by atoms with Crippen molar-refractivity contribution in [1.29, 1.82) is 0 Å². The lowest BCUT2D eigenvalue weighted by Gasteiger charge is -2.45. The van der Waals surface area contributed by atoms with Crippen LogP contribution in [-0.4, -0.2) is 65.6 Å². The summed E-state index contributed by atoms with van der Waals surface area (Å²) >= 11 is 6.49. The molecule has 1 aromatic carbocycles. The summed E-state index contributed by atoms with van der Waals surface area (Å²) in [6.45, 7) is 1.78. The summed E-state index contributed by atoms with van der Waals surface area (Å²) in [5.74, 6) is -0.636. The van der Waals surface area contributed by atoms with Crippen molar-refractivity contribution in [3.63, 3.8) is 0 Å². The Hall–Kier alpha value is -4.73. The van der Waals surface area contributed by atoms with E-state index in [0.29, 0.717) is 32.5 Å². The van der Waals surface area contributed by atoms with Gasteiger partial charge in [0.2, 0.25) is 0 Å². The Morgan fingerprint density at radius 1 is 1.18 bits per heavy atom. The van der Waals surface area contributed by atoms with Gasteiger partial charge in [0, 0.05) is 28.8 Å². The molecule has 17 heteroatoms. The number of nitrogens with zero attached hydrogens (tertiary/aromatic N) is 7. The third kappa shape index (κ3) is 7.23. The second kappa shape index (κ2) is 13.4. The first-order chi connectivity index (χ1) is 24.0. The van der Waals surface area contributed by atoms with E-state index in [1.807, 2.05) is 39.8 Å². The predicted molar refractivity (Wildman–Crippen MR) is 181 cm³/mol. The van der Waals surface area contributed by atoms with E-state index in [1.165, 1.54) is 23.4 Å². The maximum absolute atomic E-state index is 15.1. The van der Waals surface area contributed by atoms with Crippen LogP contribution in [0.25, 0.3) is 17.0 Å². The molecule has 0 spiro atoms. The Labute approximate surface area is 296 Å². The normalized spacial score (nSPS) is 22.8. The predicted octanol–water partition coefficient (Wildman–Crippen LogP) is 6.90. The molecule has 1 saturated carbocycles. The van der Waals surface area contributed by atoms with E-state index in [1.54, 1.807) is 18.2 Å². The van der Waals surface area contributed by atoms with Crippen molar-refractivity contribution in [3.05, 3.63) is 71.3 Å². The average Bonchev–Trinajstić information content (AvgIpc) is 3.42. The molecule has 2 amide bonds. The van der Waals surface area contributed by atoms with Gasteiger partial charge in [-0.2, -0.15) is 27.3 Å². The van der Waals surface area contributed by atoms with Crippen molar-refractivity contribution in [1.82, 2.24) is 34.8 Å². The summed E-state index contributed by atoms with van der Waals surface area (Å²) in [4.78, 5) is 38.0. The van der Waals surface area contributed by atoms with E-state index >= 15 is 4.79 Å². The fourth-order valence-corrected chi connectivity index (χ4v) is 6.73. The first-order valence-electron chi connectivity index (χ1n) is 16.3. The van der Waals surface area contributed by atoms with E-state index < -0.39 is 47.5 Å². The Morgan fingerprint density at radius 3 is 2.49 bits per heavy atom. The Balaban J connectivity index is 1.38. The van der Waals surface area contributed by atoms with Crippen LogP contribution in [0.3, 0.4) is 0 Å². The van der Waals surface area contributed by atoms with Crippen molar-refractivity contribution in [2.75, 3.05) is 6.61 Å². The van der Waals surface area contributed by atoms with E-state index in [-0.39, 0.29) is 41.4 Å². The van der Waals surface area contributed by atoms with Gasteiger partial charge in [-0.05, 0) is 54.4 Å². The van der Waals surface area contributed by atoms with Crippen molar-refractivity contribution in [2.24, 2.45) is 21.6 Å². The van der Waals surface area contributed by atoms with Crippen LogP contribution in [0.5, 0.6) is 0 Å². The van der Waals surface area contributed by atoms with Gasteiger partial charge >= 0.3 is 19.2 Å². The quantitative estimate of drug-likeness (QED) is 0.204. The lowest BCUT2D eigenvalue weighted by Crippen LogP contribution is -2.55. The highest BCUT2D eigenvalue weighted by Gasteiger charge is 2.60. The van der Waals surface area contributed by atoms with Crippen LogP contribution in [-0.2, 0) is 9.53 Å². The smallest absolute Gasteiger partial charge is 0.407 e. The number of guanidine groups is 1. The van der Waals surface area contributed by atoms with Gasteiger partial charge in [-0.1, -0.05) is 63.6 Å². The molecule has 51 heavy (non-hydrogen) atoms. The minimum Gasteiger partial charge on any atom is -0.447 e. The molecular formula is C34H38ClF4N9O3. The molecule has 0 saturated heterocycles. The van der Waals surface area contributed by atoms with Gasteiger partial charge in [0.1, 0.15) is 12.9 Å². The number of carbonyl (C=O) groups is 2. The lowest BCUT2D eigenvalue weighted by atomic mass is 9.61. The van der Waals surface area contributed by atoms with Crippen LogP contribution in [0, 0.1) is 10.8 Å². The van der Waals surface area contributed by atoms with E-state index in [4.69, 9.17) is 27.1 Å².